The molecule has 0 atom stereocenters. The number of benzene rings is 2. The SMILES string of the molecule is Cc1nn(-c2cccc(S(=O)(=O)[O-])c2)c(O)c1N=Nc1cc(Cl)cc(S(=O)(=O)[O-])c1O.O.[Cr].[Na+].[Na+]. The second-order valence-corrected chi connectivity index (χ2v) is 9.21. The van der Waals surface area contributed by atoms with Crippen molar-refractivity contribution in [3.8, 4) is 17.3 Å². The Hall–Kier alpha value is -0.548. The fourth-order valence-electron chi connectivity index (χ4n) is 2.51. The van der Waals surface area contributed by atoms with Crippen molar-refractivity contribution in [3.05, 3.63) is 47.1 Å². The third kappa shape index (κ3) is 8.48. The molecule has 3 aromatic rings. The molecule has 0 bridgehead atoms. The number of aromatic hydroxyl groups is 2. The van der Waals surface area contributed by atoms with Gasteiger partial charge < -0.3 is 24.8 Å². The van der Waals surface area contributed by atoms with Gasteiger partial charge >= 0.3 is 59.1 Å². The number of aryl methyl sites for hydroxylation is 1. The van der Waals surface area contributed by atoms with Crippen molar-refractivity contribution in [2.75, 3.05) is 0 Å². The van der Waals surface area contributed by atoms with Gasteiger partial charge in [0.15, 0.2) is 11.4 Å². The molecule has 2 aromatic carbocycles. The van der Waals surface area contributed by atoms with Gasteiger partial charge in [-0.2, -0.15) is 9.78 Å². The summed E-state index contributed by atoms with van der Waals surface area (Å²) in [6.07, 6.45) is 0. The number of halogens is 1. The molecular formula is C16H13ClCrN4Na2O9S2. The Kier molecular flexibility index (Phi) is 14.5. The Morgan fingerprint density at radius 2 is 1.60 bits per heavy atom. The van der Waals surface area contributed by atoms with Crippen molar-refractivity contribution in [2.24, 2.45) is 10.2 Å². The molecule has 19 heteroatoms. The van der Waals surface area contributed by atoms with Gasteiger partial charge in [-0.3, -0.25) is 0 Å². The standard InChI is InChI=1S/C16H13ClN4O8S2.Cr.2Na.H2O/c1-8-14(19-18-12-5-9(17)6-13(15(12)22)31(27,28)29)16(23)21(20-8)10-3-2-4-11(7-10)30(24,25)26;;;;/h2-7,22-23H,1H3,(H,24,25,26)(H,27,28,29);;;;1H2/q;;2*+1;/p-2. The van der Waals surface area contributed by atoms with Crippen LogP contribution in [0.3, 0.4) is 0 Å². The fourth-order valence-corrected chi connectivity index (χ4v) is 3.91. The molecule has 0 fully saturated rings. The zero-order valence-corrected chi connectivity index (χ0v) is 25.9. The van der Waals surface area contributed by atoms with Crippen molar-refractivity contribution >= 4 is 43.2 Å². The summed E-state index contributed by atoms with van der Waals surface area (Å²) in [5.41, 5.74) is -0.548. The molecular weight excluding hydrogens is 590 g/mol. The number of phenolic OH excluding ortho intramolecular Hbond substituents is 1. The molecule has 13 nitrogen and oxygen atoms in total. The molecule has 0 saturated carbocycles. The number of nitrogens with zero attached hydrogens (tertiary/aromatic N) is 4. The molecule has 0 saturated heterocycles. The van der Waals surface area contributed by atoms with Crippen LogP contribution in [0.5, 0.6) is 11.6 Å². The van der Waals surface area contributed by atoms with Gasteiger partial charge in [0, 0.05) is 22.4 Å². The van der Waals surface area contributed by atoms with Crippen LogP contribution in [0.2, 0.25) is 5.02 Å². The van der Waals surface area contributed by atoms with Gasteiger partial charge in [0.2, 0.25) is 5.88 Å². The van der Waals surface area contributed by atoms with Crippen LogP contribution in [-0.2, 0) is 37.6 Å². The smallest absolute Gasteiger partial charge is 0.744 e. The summed E-state index contributed by atoms with van der Waals surface area (Å²) in [6.45, 7) is 1.42. The maximum atomic E-state index is 11.2. The van der Waals surface area contributed by atoms with Crippen molar-refractivity contribution in [1.29, 1.82) is 0 Å². The summed E-state index contributed by atoms with van der Waals surface area (Å²) in [4.78, 5) is -1.54. The van der Waals surface area contributed by atoms with Crippen molar-refractivity contribution in [1.82, 2.24) is 9.78 Å². The van der Waals surface area contributed by atoms with Gasteiger partial charge in [-0.1, -0.05) is 17.7 Å². The number of rotatable bonds is 5. The van der Waals surface area contributed by atoms with Crippen LogP contribution < -0.4 is 59.1 Å². The van der Waals surface area contributed by atoms with E-state index < -0.39 is 47.3 Å². The number of phenols is 1. The average Bonchev–Trinajstić information content (AvgIpc) is 2.94. The maximum Gasteiger partial charge on any atom is 1.00 e. The molecule has 35 heavy (non-hydrogen) atoms. The van der Waals surface area contributed by atoms with E-state index in [0.29, 0.717) is 0 Å². The van der Waals surface area contributed by atoms with E-state index in [2.05, 4.69) is 15.3 Å². The van der Waals surface area contributed by atoms with Gasteiger partial charge in [0.1, 0.15) is 25.9 Å². The van der Waals surface area contributed by atoms with E-state index in [-0.39, 0.29) is 104 Å². The summed E-state index contributed by atoms with van der Waals surface area (Å²) in [7, 11) is -9.80. The topological polar surface area (TPSA) is 229 Å². The monoisotopic (exact) mass is 602 g/mol. The third-order valence-electron chi connectivity index (χ3n) is 3.90. The minimum absolute atomic E-state index is 0. The quantitative estimate of drug-likeness (QED) is 0.163. The number of hydrogen-bond acceptors (Lipinski definition) is 11. The minimum Gasteiger partial charge on any atom is -0.744 e. The van der Waals surface area contributed by atoms with E-state index in [1.807, 2.05) is 0 Å². The van der Waals surface area contributed by atoms with Gasteiger partial charge in [-0.25, -0.2) is 16.8 Å². The second-order valence-electron chi connectivity index (χ2n) is 6.05. The van der Waals surface area contributed by atoms with Gasteiger partial charge in [0.05, 0.1) is 21.2 Å². The predicted octanol–water partition coefficient (Wildman–Crippen LogP) is -4.35. The molecule has 0 aliphatic heterocycles. The summed E-state index contributed by atoms with van der Waals surface area (Å²) >= 11 is 5.75. The third-order valence-corrected chi connectivity index (χ3v) is 5.80. The molecule has 0 spiro atoms. The number of hydrogen-bond donors (Lipinski definition) is 2. The molecule has 0 radical (unpaired) electrons. The number of azo groups is 1. The molecule has 0 unspecified atom stereocenters. The first-order chi connectivity index (χ1) is 14.3. The van der Waals surface area contributed by atoms with E-state index in [0.717, 1.165) is 28.9 Å². The Bertz CT molecular complexity index is 1450. The van der Waals surface area contributed by atoms with Crippen molar-refractivity contribution in [2.45, 2.75) is 16.7 Å². The summed E-state index contributed by atoms with van der Waals surface area (Å²) in [5.74, 6) is -1.58. The minimum atomic E-state index is -5.05. The van der Waals surface area contributed by atoms with Crippen LogP contribution in [-0.4, -0.2) is 51.4 Å². The Balaban J connectivity index is 0. The maximum absolute atomic E-state index is 11.2. The first kappa shape index (κ1) is 36.6. The summed E-state index contributed by atoms with van der Waals surface area (Å²) in [5, 5.41) is 31.5. The van der Waals surface area contributed by atoms with E-state index in [1.54, 1.807) is 0 Å². The second kappa shape index (κ2) is 13.8. The summed E-state index contributed by atoms with van der Waals surface area (Å²) < 4.78 is 68.2. The van der Waals surface area contributed by atoms with Crippen LogP contribution in [0.15, 0.2) is 56.4 Å². The summed E-state index contributed by atoms with van der Waals surface area (Å²) in [6, 6.07) is 6.49. The van der Waals surface area contributed by atoms with Crippen LogP contribution in [0, 0.1) is 6.92 Å². The molecule has 1 aromatic heterocycles. The van der Waals surface area contributed by atoms with Crippen LogP contribution in [0.25, 0.3) is 5.69 Å². The molecule has 0 aliphatic rings. The molecule has 3 rings (SSSR count). The Morgan fingerprint density at radius 3 is 2.14 bits per heavy atom. The van der Waals surface area contributed by atoms with Crippen LogP contribution in [0.1, 0.15) is 5.69 Å². The molecule has 0 aliphatic carbocycles. The first-order valence-corrected chi connectivity index (χ1v) is 11.2. The number of aromatic nitrogens is 2. The van der Waals surface area contributed by atoms with Crippen molar-refractivity contribution in [3.63, 3.8) is 0 Å². The normalized spacial score (nSPS) is 11.1. The predicted molar refractivity (Wildman–Crippen MR) is 107 cm³/mol. The van der Waals surface area contributed by atoms with Crippen molar-refractivity contribution < 1.29 is 118 Å². The van der Waals surface area contributed by atoms with Gasteiger partial charge in [-0.05, 0) is 37.3 Å². The van der Waals surface area contributed by atoms with Crippen LogP contribution >= 0.6 is 11.6 Å². The molecule has 4 N–H and O–H groups in total. The van der Waals surface area contributed by atoms with E-state index in [9.17, 15) is 36.2 Å². The Labute approximate surface area is 259 Å². The van der Waals surface area contributed by atoms with E-state index >= 15 is 0 Å². The average molecular weight is 603 g/mol. The van der Waals surface area contributed by atoms with Gasteiger partial charge in [0.25, 0.3) is 0 Å². The van der Waals surface area contributed by atoms with Gasteiger partial charge in [-0.15, -0.1) is 10.2 Å². The largest absolute Gasteiger partial charge is 1.00 e. The van der Waals surface area contributed by atoms with E-state index in [1.165, 1.54) is 19.1 Å². The van der Waals surface area contributed by atoms with E-state index in [4.69, 9.17) is 11.6 Å². The molecule has 1 heterocycles. The first-order valence-electron chi connectivity index (χ1n) is 8.04. The Morgan fingerprint density at radius 1 is 1.00 bits per heavy atom. The zero-order chi connectivity index (χ0) is 23.1. The molecule has 178 valence electrons. The fraction of sp³-hybridized carbons (Fsp3) is 0.0625. The zero-order valence-electron chi connectivity index (χ0n) is 18.2. The van der Waals surface area contributed by atoms with Crippen LogP contribution in [0.4, 0.5) is 11.4 Å². The molecule has 0 amide bonds.